The second-order valence-corrected chi connectivity index (χ2v) is 7.10. The fourth-order valence-corrected chi connectivity index (χ4v) is 3.54. The van der Waals surface area contributed by atoms with Gasteiger partial charge in [-0.1, -0.05) is 79.3 Å². The monoisotopic (exact) mass is 434 g/mol. The van der Waals surface area contributed by atoms with Gasteiger partial charge in [0.25, 0.3) is 0 Å². The number of halogens is 4. The molecule has 0 amide bonds. The highest BCUT2D eigenvalue weighted by Crippen LogP contribution is 2.27. The summed E-state index contributed by atoms with van der Waals surface area (Å²) in [6.45, 7) is 0. The molecule has 1 atom stereocenters. The summed E-state index contributed by atoms with van der Waals surface area (Å²) < 4.78 is 1.16. The summed E-state index contributed by atoms with van der Waals surface area (Å²) in [6.07, 6.45) is 1.94. The molecular formula is C16H14Br2Cl2. The fraction of sp³-hybridized carbons (Fsp3) is 0.250. The summed E-state index contributed by atoms with van der Waals surface area (Å²) in [7, 11) is 0. The minimum Gasteiger partial charge on any atom is -0.0925 e. The lowest BCUT2D eigenvalue weighted by Crippen LogP contribution is -2.10. The molecule has 0 aliphatic rings. The number of rotatable bonds is 5. The third-order valence-corrected chi connectivity index (χ3v) is 5.48. The van der Waals surface area contributed by atoms with E-state index in [9.17, 15) is 0 Å². The quantitative estimate of drug-likeness (QED) is 0.466. The molecule has 0 spiro atoms. The second kappa shape index (κ2) is 7.84. The van der Waals surface area contributed by atoms with E-state index in [1.54, 1.807) is 0 Å². The lowest BCUT2D eigenvalue weighted by molar-refractivity contribution is 0.590. The third kappa shape index (κ3) is 4.49. The van der Waals surface area contributed by atoms with E-state index >= 15 is 0 Å². The Balaban J connectivity index is 2.11. The van der Waals surface area contributed by atoms with Gasteiger partial charge in [0, 0.05) is 19.8 Å². The van der Waals surface area contributed by atoms with E-state index in [4.69, 9.17) is 23.2 Å². The van der Waals surface area contributed by atoms with Crippen LogP contribution in [0, 0.1) is 5.92 Å². The molecule has 0 heterocycles. The van der Waals surface area contributed by atoms with Crippen molar-refractivity contribution in [3.8, 4) is 0 Å². The van der Waals surface area contributed by atoms with Gasteiger partial charge in [-0.25, -0.2) is 0 Å². The smallest absolute Gasteiger partial charge is 0.0452 e. The van der Waals surface area contributed by atoms with Crippen LogP contribution < -0.4 is 0 Å². The Morgan fingerprint density at radius 1 is 0.950 bits per heavy atom. The Morgan fingerprint density at radius 3 is 2.30 bits per heavy atom. The third-order valence-electron chi connectivity index (χ3n) is 3.21. The van der Waals surface area contributed by atoms with Crippen LogP contribution in [0.3, 0.4) is 0 Å². The fourth-order valence-electron chi connectivity index (χ4n) is 2.15. The van der Waals surface area contributed by atoms with Gasteiger partial charge in [-0.05, 0) is 48.1 Å². The Morgan fingerprint density at radius 2 is 1.65 bits per heavy atom. The lowest BCUT2D eigenvalue weighted by Gasteiger charge is -2.16. The van der Waals surface area contributed by atoms with Crippen molar-refractivity contribution in [3.05, 3.63) is 68.1 Å². The zero-order valence-electron chi connectivity index (χ0n) is 10.8. The molecule has 0 nitrogen and oxygen atoms in total. The average Bonchev–Trinajstić information content (AvgIpc) is 2.43. The maximum atomic E-state index is 6.26. The molecule has 0 aliphatic carbocycles. The van der Waals surface area contributed by atoms with Crippen molar-refractivity contribution in [2.75, 3.05) is 5.33 Å². The van der Waals surface area contributed by atoms with Gasteiger partial charge in [-0.3, -0.25) is 0 Å². The highest BCUT2D eigenvalue weighted by molar-refractivity contribution is 9.10. The molecule has 4 heteroatoms. The molecule has 2 aromatic carbocycles. The summed E-state index contributed by atoms with van der Waals surface area (Å²) in [5, 5.41) is 2.36. The Kier molecular flexibility index (Phi) is 6.41. The maximum Gasteiger partial charge on any atom is 0.0452 e. The first kappa shape index (κ1) is 16.4. The van der Waals surface area contributed by atoms with Crippen LogP contribution in [0.2, 0.25) is 10.0 Å². The molecule has 20 heavy (non-hydrogen) atoms. The van der Waals surface area contributed by atoms with Crippen molar-refractivity contribution >= 4 is 55.1 Å². The Hall–Kier alpha value is -0.0200. The van der Waals surface area contributed by atoms with Crippen LogP contribution in [0.1, 0.15) is 11.1 Å². The van der Waals surface area contributed by atoms with Gasteiger partial charge in [0.1, 0.15) is 0 Å². The molecule has 106 valence electrons. The number of alkyl halides is 1. The van der Waals surface area contributed by atoms with E-state index < -0.39 is 0 Å². The predicted molar refractivity (Wildman–Crippen MR) is 95.3 cm³/mol. The van der Waals surface area contributed by atoms with E-state index in [-0.39, 0.29) is 0 Å². The molecule has 0 fully saturated rings. The van der Waals surface area contributed by atoms with Crippen molar-refractivity contribution in [1.29, 1.82) is 0 Å². The molecule has 0 aromatic heterocycles. The molecule has 0 N–H and O–H groups in total. The van der Waals surface area contributed by atoms with Crippen molar-refractivity contribution in [3.63, 3.8) is 0 Å². The van der Waals surface area contributed by atoms with E-state index in [1.807, 2.05) is 24.3 Å². The van der Waals surface area contributed by atoms with E-state index in [0.717, 1.165) is 33.2 Å². The molecule has 0 aliphatic heterocycles. The lowest BCUT2D eigenvalue weighted by atomic mass is 9.94. The molecule has 2 aromatic rings. The van der Waals surface area contributed by atoms with Crippen LogP contribution >= 0.6 is 55.1 Å². The standard InChI is InChI=1S/C16H14Br2Cl2/c17-10-11(7-12-3-1-2-4-15(12)18)8-13-5-6-14(19)9-16(13)20/h1-6,9,11H,7-8,10H2. The average molecular weight is 437 g/mol. The van der Waals surface area contributed by atoms with E-state index in [2.05, 4.69) is 50.1 Å². The van der Waals surface area contributed by atoms with Crippen LogP contribution in [0.25, 0.3) is 0 Å². The largest absolute Gasteiger partial charge is 0.0925 e. The Labute approximate surface area is 146 Å². The number of hydrogen-bond donors (Lipinski definition) is 0. The first-order valence-electron chi connectivity index (χ1n) is 6.33. The van der Waals surface area contributed by atoms with Gasteiger partial charge in [-0.2, -0.15) is 0 Å². The van der Waals surface area contributed by atoms with Crippen molar-refractivity contribution in [2.45, 2.75) is 12.8 Å². The van der Waals surface area contributed by atoms with E-state index in [1.165, 1.54) is 5.56 Å². The molecule has 0 saturated heterocycles. The zero-order chi connectivity index (χ0) is 14.5. The first-order valence-corrected chi connectivity index (χ1v) is 9.00. The second-order valence-electron chi connectivity index (χ2n) is 4.76. The topological polar surface area (TPSA) is 0 Å². The highest BCUT2D eigenvalue weighted by atomic mass is 79.9. The molecular weight excluding hydrogens is 423 g/mol. The minimum atomic E-state index is 0.493. The molecule has 0 radical (unpaired) electrons. The predicted octanol–water partition coefficient (Wildman–Crippen LogP) is 6.55. The number of hydrogen-bond acceptors (Lipinski definition) is 0. The van der Waals surface area contributed by atoms with Crippen LogP contribution in [0.5, 0.6) is 0 Å². The van der Waals surface area contributed by atoms with Crippen LogP contribution in [0.4, 0.5) is 0 Å². The summed E-state index contributed by atoms with van der Waals surface area (Å²) in [5.74, 6) is 0.493. The molecule has 0 saturated carbocycles. The molecule has 1 unspecified atom stereocenters. The first-order chi connectivity index (χ1) is 9.60. The summed E-state index contributed by atoms with van der Waals surface area (Å²) >= 11 is 19.4. The van der Waals surface area contributed by atoms with Crippen molar-refractivity contribution in [2.24, 2.45) is 5.92 Å². The van der Waals surface area contributed by atoms with Gasteiger partial charge < -0.3 is 0 Å². The van der Waals surface area contributed by atoms with E-state index in [0.29, 0.717) is 10.9 Å². The number of benzene rings is 2. The van der Waals surface area contributed by atoms with Gasteiger partial charge >= 0.3 is 0 Å². The van der Waals surface area contributed by atoms with Crippen molar-refractivity contribution < 1.29 is 0 Å². The maximum absolute atomic E-state index is 6.26. The molecule has 0 bridgehead atoms. The van der Waals surface area contributed by atoms with Gasteiger partial charge in [0.15, 0.2) is 0 Å². The van der Waals surface area contributed by atoms with Crippen LogP contribution in [-0.4, -0.2) is 5.33 Å². The summed E-state index contributed by atoms with van der Waals surface area (Å²) in [5.41, 5.74) is 2.47. The van der Waals surface area contributed by atoms with Crippen LogP contribution in [0.15, 0.2) is 46.9 Å². The summed E-state index contributed by atoms with van der Waals surface area (Å²) in [6, 6.07) is 14.1. The normalized spacial score (nSPS) is 12.4. The van der Waals surface area contributed by atoms with Crippen molar-refractivity contribution in [1.82, 2.24) is 0 Å². The molecule has 2 rings (SSSR count). The highest BCUT2D eigenvalue weighted by Gasteiger charge is 2.13. The van der Waals surface area contributed by atoms with Gasteiger partial charge in [0.2, 0.25) is 0 Å². The minimum absolute atomic E-state index is 0.493. The SMILES string of the molecule is Clc1ccc(CC(CBr)Cc2ccccc2Br)c(Cl)c1. The summed E-state index contributed by atoms with van der Waals surface area (Å²) in [4.78, 5) is 0. The van der Waals surface area contributed by atoms with Gasteiger partial charge in [-0.15, -0.1) is 0 Å². The Bertz CT molecular complexity index is 584. The van der Waals surface area contributed by atoms with Crippen LogP contribution in [-0.2, 0) is 12.8 Å². The van der Waals surface area contributed by atoms with Gasteiger partial charge in [0.05, 0.1) is 0 Å². The zero-order valence-corrected chi connectivity index (χ0v) is 15.4.